The fraction of sp³-hybridized carbons (Fsp3) is 0.333. The van der Waals surface area contributed by atoms with E-state index in [2.05, 4.69) is 21.2 Å². The fourth-order valence-corrected chi connectivity index (χ4v) is 6.68. The third-order valence-electron chi connectivity index (χ3n) is 7.12. The molecule has 4 rings (SSSR count). The van der Waals surface area contributed by atoms with Crippen molar-refractivity contribution < 1.29 is 18.0 Å². The summed E-state index contributed by atoms with van der Waals surface area (Å²) < 4.78 is 29.5. The Morgan fingerprint density at radius 3 is 2.30 bits per heavy atom. The molecule has 1 atom stereocenters. The Balaban J connectivity index is 1.68. The Morgan fingerprint density at radius 1 is 1.02 bits per heavy atom. The summed E-state index contributed by atoms with van der Waals surface area (Å²) in [7, 11) is -4.11. The third kappa shape index (κ3) is 7.44. The van der Waals surface area contributed by atoms with Gasteiger partial charge in [0.15, 0.2) is 0 Å². The number of carbonyl (C=O) groups excluding carboxylic acids is 2. The van der Waals surface area contributed by atoms with Crippen LogP contribution in [0.3, 0.4) is 0 Å². The SMILES string of the molecule is Cc1ccc(S(=O)(=O)N(CC(=O)N(Cc2ccc(Cl)cc2)C(C)C(=O)NC2CCCC2)c2cccc(Br)c2)cc1. The van der Waals surface area contributed by atoms with Crippen LogP contribution in [0, 0.1) is 6.92 Å². The van der Waals surface area contributed by atoms with Crippen molar-refractivity contribution in [2.24, 2.45) is 0 Å². The van der Waals surface area contributed by atoms with Crippen LogP contribution in [0.5, 0.6) is 0 Å². The van der Waals surface area contributed by atoms with Gasteiger partial charge in [-0.15, -0.1) is 0 Å². The Bertz CT molecular complexity index is 1440. The number of carbonyl (C=O) groups is 2. The maximum Gasteiger partial charge on any atom is 0.264 e. The lowest BCUT2D eigenvalue weighted by molar-refractivity contribution is -0.139. The van der Waals surface area contributed by atoms with Crippen LogP contribution in [0.1, 0.15) is 43.7 Å². The summed E-state index contributed by atoms with van der Waals surface area (Å²) in [5, 5.41) is 3.63. The molecular formula is C30H33BrClN3O4S. The van der Waals surface area contributed by atoms with Gasteiger partial charge in [0.25, 0.3) is 10.0 Å². The molecule has 0 aliphatic heterocycles. The largest absolute Gasteiger partial charge is 0.352 e. The normalized spacial score (nSPS) is 14.5. The molecule has 1 aliphatic carbocycles. The van der Waals surface area contributed by atoms with Gasteiger partial charge in [0.05, 0.1) is 10.6 Å². The maximum atomic E-state index is 14.0. The minimum atomic E-state index is -4.11. The second-order valence-electron chi connectivity index (χ2n) is 10.1. The van der Waals surface area contributed by atoms with Crippen LogP contribution in [0.4, 0.5) is 5.69 Å². The van der Waals surface area contributed by atoms with Gasteiger partial charge < -0.3 is 10.2 Å². The van der Waals surface area contributed by atoms with E-state index in [1.807, 2.05) is 6.92 Å². The third-order valence-corrected chi connectivity index (χ3v) is 9.65. The molecule has 0 radical (unpaired) electrons. The molecule has 3 aromatic rings. The van der Waals surface area contributed by atoms with Gasteiger partial charge in [-0.25, -0.2) is 8.42 Å². The summed E-state index contributed by atoms with van der Waals surface area (Å²) in [6.07, 6.45) is 3.94. The van der Waals surface area contributed by atoms with Crippen molar-refractivity contribution in [3.63, 3.8) is 0 Å². The highest BCUT2D eigenvalue weighted by Gasteiger charge is 2.33. The molecule has 1 saturated carbocycles. The van der Waals surface area contributed by atoms with Crippen molar-refractivity contribution in [1.82, 2.24) is 10.2 Å². The quantitative estimate of drug-likeness (QED) is 0.289. The van der Waals surface area contributed by atoms with Gasteiger partial charge in [0.1, 0.15) is 12.6 Å². The minimum absolute atomic E-state index is 0.0714. The van der Waals surface area contributed by atoms with E-state index in [1.165, 1.54) is 17.0 Å². The van der Waals surface area contributed by atoms with Crippen molar-refractivity contribution in [2.75, 3.05) is 10.8 Å². The predicted molar refractivity (Wildman–Crippen MR) is 162 cm³/mol. The van der Waals surface area contributed by atoms with Crippen molar-refractivity contribution in [1.29, 1.82) is 0 Å². The van der Waals surface area contributed by atoms with Gasteiger partial charge in [-0.1, -0.05) is 76.3 Å². The van der Waals surface area contributed by atoms with Crippen LogP contribution in [0.25, 0.3) is 0 Å². The van der Waals surface area contributed by atoms with E-state index in [0.717, 1.165) is 41.1 Å². The molecule has 1 unspecified atom stereocenters. The van der Waals surface area contributed by atoms with Crippen molar-refractivity contribution in [3.8, 4) is 0 Å². The van der Waals surface area contributed by atoms with E-state index in [4.69, 9.17) is 11.6 Å². The van der Waals surface area contributed by atoms with Crippen LogP contribution >= 0.6 is 27.5 Å². The number of nitrogens with one attached hydrogen (secondary N) is 1. The highest BCUT2D eigenvalue weighted by Crippen LogP contribution is 2.27. The Labute approximate surface area is 249 Å². The summed E-state index contributed by atoms with van der Waals surface area (Å²) in [5.74, 6) is -0.760. The van der Waals surface area contributed by atoms with Gasteiger partial charge in [0, 0.05) is 22.1 Å². The minimum Gasteiger partial charge on any atom is -0.352 e. The molecule has 7 nitrogen and oxygen atoms in total. The molecule has 1 aliphatic rings. The predicted octanol–water partition coefficient (Wildman–Crippen LogP) is 6.08. The van der Waals surface area contributed by atoms with Crippen molar-refractivity contribution >= 4 is 55.1 Å². The van der Waals surface area contributed by atoms with E-state index in [1.54, 1.807) is 67.6 Å². The second-order valence-corrected chi connectivity index (χ2v) is 13.3. The first-order valence-corrected chi connectivity index (χ1v) is 15.8. The zero-order chi connectivity index (χ0) is 28.9. The average molecular weight is 647 g/mol. The molecule has 0 aromatic heterocycles. The molecule has 2 amide bonds. The lowest BCUT2D eigenvalue weighted by Crippen LogP contribution is -2.52. The number of anilines is 1. The standard InChI is InChI=1S/C30H33BrClN3O4S/c1-21-10-16-28(17-11-21)40(38,39)35(27-9-5-6-24(31)18-27)20-29(36)34(19-23-12-14-25(32)15-13-23)22(2)30(37)33-26-7-3-4-8-26/h5-6,9-18,22,26H,3-4,7-8,19-20H2,1-2H3,(H,33,37). The van der Waals surface area contributed by atoms with Crippen molar-refractivity contribution in [3.05, 3.63) is 93.4 Å². The van der Waals surface area contributed by atoms with Crippen molar-refractivity contribution in [2.45, 2.75) is 63.1 Å². The number of aryl methyl sites for hydroxylation is 1. The summed E-state index contributed by atoms with van der Waals surface area (Å²) in [6, 6.07) is 19.6. The lowest BCUT2D eigenvalue weighted by Gasteiger charge is -2.32. The molecule has 212 valence electrons. The number of rotatable bonds is 10. The van der Waals surface area contributed by atoms with Gasteiger partial charge in [-0.3, -0.25) is 13.9 Å². The summed E-state index contributed by atoms with van der Waals surface area (Å²) in [4.78, 5) is 28.8. The smallest absolute Gasteiger partial charge is 0.264 e. The highest BCUT2D eigenvalue weighted by molar-refractivity contribution is 9.10. The highest BCUT2D eigenvalue weighted by atomic mass is 79.9. The number of halogens is 2. The fourth-order valence-electron chi connectivity index (χ4n) is 4.76. The zero-order valence-corrected chi connectivity index (χ0v) is 25.7. The molecule has 1 fully saturated rings. The summed E-state index contributed by atoms with van der Waals surface area (Å²) in [5.41, 5.74) is 2.02. The van der Waals surface area contributed by atoms with Crippen LogP contribution in [-0.2, 0) is 26.2 Å². The second kappa shape index (κ2) is 13.2. The van der Waals surface area contributed by atoms with E-state index in [-0.39, 0.29) is 23.4 Å². The molecule has 0 bridgehead atoms. The maximum absolute atomic E-state index is 14.0. The summed E-state index contributed by atoms with van der Waals surface area (Å²) >= 11 is 9.48. The molecular weight excluding hydrogens is 614 g/mol. The number of benzene rings is 3. The Morgan fingerprint density at radius 2 is 1.68 bits per heavy atom. The van der Waals surface area contributed by atoms with Crippen LogP contribution < -0.4 is 9.62 Å². The van der Waals surface area contributed by atoms with E-state index in [0.29, 0.717) is 15.2 Å². The monoisotopic (exact) mass is 645 g/mol. The zero-order valence-electron chi connectivity index (χ0n) is 22.5. The number of sulfonamides is 1. The topological polar surface area (TPSA) is 86.8 Å². The molecule has 1 N–H and O–H groups in total. The Hall–Kier alpha value is -2.88. The Kier molecular flexibility index (Phi) is 9.92. The van der Waals surface area contributed by atoms with E-state index in [9.17, 15) is 18.0 Å². The number of nitrogens with zero attached hydrogens (tertiary/aromatic N) is 2. The molecule has 0 spiro atoms. The average Bonchev–Trinajstić information content (AvgIpc) is 3.44. The number of hydrogen-bond acceptors (Lipinski definition) is 4. The first-order valence-electron chi connectivity index (χ1n) is 13.2. The van der Waals surface area contributed by atoms with Gasteiger partial charge in [-0.05, 0) is 74.7 Å². The summed E-state index contributed by atoms with van der Waals surface area (Å²) in [6.45, 7) is 3.18. The first-order chi connectivity index (χ1) is 19.0. The van der Waals surface area contributed by atoms with Gasteiger partial charge >= 0.3 is 0 Å². The molecule has 3 aromatic carbocycles. The van der Waals surface area contributed by atoms with Crippen LogP contribution in [-0.4, -0.2) is 43.8 Å². The van der Waals surface area contributed by atoms with Gasteiger partial charge in [0.2, 0.25) is 11.8 Å². The number of hydrogen-bond donors (Lipinski definition) is 1. The van der Waals surface area contributed by atoms with Crippen LogP contribution in [0.15, 0.2) is 82.2 Å². The lowest BCUT2D eigenvalue weighted by atomic mass is 10.1. The van der Waals surface area contributed by atoms with E-state index >= 15 is 0 Å². The van der Waals surface area contributed by atoms with E-state index < -0.39 is 28.5 Å². The first kappa shape index (κ1) is 30.1. The number of amides is 2. The molecule has 10 heteroatoms. The van der Waals surface area contributed by atoms with Crippen LogP contribution in [0.2, 0.25) is 5.02 Å². The molecule has 0 heterocycles. The van der Waals surface area contributed by atoms with Gasteiger partial charge in [-0.2, -0.15) is 0 Å². The molecule has 40 heavy (non-hydrogen) atoms. The molecule has 0 saturated heterocycles.